The van der Waals surface area contributed by atoms with Crippen molar-refractivity contribution in [1.29, 1.82) is 0 Å². The zero-order chi connectivity index (χ0) is 20.1. The second-order valence-electron chi connectivity index (χ2n) is 5.84. The van der Waals surface area contributed by atoms with Crippen LogP contribution >= 0.6 is 11.6 Å². The number of halogens is 4. The molecule has 0 bridgehead atoms. The third-order valence-electron chi connectivity index (χ3n) is 3.84. The Hall–Kier alpha value is -2.94. The lowest BCUT2D eigenvalue weighted by Crippen LogP contribution is -2.23. The van der Waals surface area contributed by atoms with E-state index < -0.39 is 11.7 Å². The van der Waals surface area contributed by atoms with Crippen molar-refractivity contribution in [2.24, 2.45) is 0 Å². The summed E-state index contributed by atoms with van der Waals surface area (Å²) < 4.78 is 39.0. The van der Waals surface area contributed by atoms with E-state index >= 15 is 0 Å². The lowest BCUT2D eigenvalue weighted by Gasteiger charge is -2.11. The summed E-state index contributed by atoms with van der Waals surface area (Å²) in [6.07, 6.45) is 0.249. The van der Waals surface area contributed by atoms with Crippen molar-refractivity contribution < 1.29 is 18.2 Å². The van der Waals surface area contributed by atoms with Gasteiger partial charge in [0.15, 0.2) is 5.82 Å². The SMILES string of the molecule is Cc1nc(-c2ccncc2)nc(NCCNc2[nH+]cccc2C(F)(F)F)c1Cl. The number of nitrogens with one attached hydrogen (secondary N) is 3. The smallest absolute Gasteiger partial charge is 0.365 e. The zero-order valence-electron chi connectivity index (χ0n) is 14.8. The number of hydrogen-bond acceptors (Lipinski definition) is 5. The second-order valence-corrected chi connectivity index (χ2v) is 6.22. The molecule has 0 fully saturated rings. The number of pyridine rings is 2. The maximum atomic E-state index is 13.0. The molecule has 0 aromatic carbocycles. The molecule has 0 aliphatic heterocycles. The summed E-state index contributed by atoms with van der Waals surface area (Å²) in [7, 11) is 0. The van der Waals surface area contributed by atoms with Gasteiger partial charge in [0.25, 0.3) is 5.82 Å². The van der Waals surface area contributed by atoms with E-state index in [1.54, 1.807) is 31.5 Å². The van der Waals surface area contributed by atoms with Gasteiger partial charge in [-0.05, 0) is 31.2 Å². The van der Waals surface area contributed by atoms with Crippen LogP contribution in [0, 0.1) is 6.92 Å². The molecule has 3 aromatic rings. The first-order valence-electron chi connectivity index (χ1n) is 8.36. The Bertz CT molecular complexity index is 950. The molecule has 3 aromatic heterocycles. The second kappa shape index (κ2) is 8.39. The molecule has 28 heavy (non-hydrogen) atoms. The molecule has 0 spiro atoms. The Morgan fingerprint density at radius 3 is 2.50 bits per heavy atom. The average molecular weight is 410 g/mol. The minimum atomic E-state index is -4.44. The fraction of sp³-hybridized carbons (Fsp3) is 0.222. The van der Waals surface area contributed by atoms with Gasteiger partial charge in [-0.1, -0.05) is 11.6 Å². The van der Waals surface area contributed by atoms with Gasteiger partial charge in [0, 0.05) is 18.0 Å². The van der Waals surface area contributed by atoms with Crippen LogP contribution in [0.2, 0.25) is 5.02 Å². The molecule has 3 heterocycles. The maximum absolute atomic E-state index is 13.0. The number of aromatic amines is 1. The van der Waals surface area contributed by atoms with E-state index in [1.165, 1.54) is 12.3 Å². The van der Waals surface area contributed by atoms with Crippen molar-refractivity contribution in [2.45, 2.75) is 13.1 Å². The lowest BCUT2D eigenvalue weighted by molar-refractivity contribution is -0.364. The number of H-pyrrole nitrogens is 1. The highest BCUT2D eigenvalue weighted by atomic mass is 35.5. The molecule has 0 radical (unpaired) electrons. The standard InChI is InChI=1S/C18H16ClF3N6/c1-11-14(19)17(28-15(27-11)12-4-7-23-8-5-12)26-10-9-25-16-13(18(20,21)22)3-2-6-24-16/h2-8H,9-10H2,1H3,(H,24,25)(H,26,27,28)/p+1. The summed E-state index contributed by atoms with van der Waals surface area (Å²) in [5, 5.41) is 6.13. The van der Waals surface area contributed by atoms with Crippen LogP contribution in [0.3, 0.4) is 0 Å². The van der Waals surface area contributed by atoms with Gasteiger partial charge in [-0.3, -0.25) is 10.3 Å². The summed E-state index contributed by atoms with van der Waals surface area (Å²) in [5.41, 5.74) is 0.616. The van der Waals surface area contributed by atoms with E-state index in [0.717, 1.165) is 11.6 Å². The number of rotatable bonds is 6. The quantitative estimate of drug-likeness (QED) is 0.604. The number of aryl methyl sites for hydroxylation is 1. The number of alkyl halides is 3. The Kier molecular flexibility index (Phi) is 5.93. The van der Waals surface area contributed by atoms with Crippen LogP contribution in [-0.2, 0) is 6.18 Å². The van der Waals surface area contributed by atoms with Crippen molar-refractivity contribution in [3.8, 4) is 11.4 Å². The van der Waals surface area contributed by atoms with Gasteiger partial charge in [0.2, 0.25) is 0 Å². The molecular formula is C18H17ClF3N6+. The summed E-state index contributed by atoms with van der Waals surface area (Å²) in [6.45, 7) is 2.27. The van der Waals surface area contributed by atoms with Crippen LogP contribution < -0.4 is 15.6 Å². The average Bonchev–Trinajstić information content (AvgIpc) is 2.68. The van der Waals surface area contributed by atoms with Crippen molar-refractivity contribution >= 4 is 23.2 Å². The first-order valence-corrected chi connectivity index (χ1v) is 8.74. The highest BCUT2D eigenvalue weighted by Gasteiger charge is 2.36. The van der Waals surface area contributed by atoms with Crippen LogP contribution in [0.4, 0.5) is 24.8 Å². The highest BCUT2D eigenvalue weighted by Crippen LogP contribution is 2.32. The fourth-order valence-corrected chi connectivity index (χ4v) is 2.65. The van der Waals surface area contributed by atoms with E-state index in [2.05, 4.69) is 30.6 Å². The Morgan fingerprint density at radius 2 is 1.79 bits per heavy atom. The van der Waals surface area contributed by atoms with Gasteiger partial charge in [0.1, 0.15) is 22.9 Å². The number of anilines is 2. The van der Waals surface area contributed by atoms with Crippen LogP contribution in [0.5, 0.6) is 0 Å². The van der Waals surface area contributed by atoms with Gasteiger partial charge >= 0.3 is 6.18 Å². The largest absolute Gasteiger partial charge is 0.424 e. The van der Waals surface area contributed by atoms with Gasteiger partial charge in [0.05, 0.1) is 18.4 Å². The third-order valence-corrected chi connectivity index (χ3v) is 4.29. The minimum Gasteiger partial charge on any atom is -0.365 e. The van der Waals surface area contributed by atoms with Crippen molar-refractivity contribution in [3.63, 3.8) is 0 Å². The molecule has 3 N–H and O–H groups in total. The van der Waals surface area contributed by atoms with E-state index in [-0.39, 0.29) is 12.4 Å². The lowest BCUT2D eigenvalue weighted by atomic mass is 10.2. The zero-order valence-corrected chi connectivity index (χ0v) is 15.6. The van der Waals surface area contributed by atoms with E-state index in [9.17, 15) is 13.2 Å². The molecule has 0 saturated carbocycles. The Labute approximate surface area is 164 Å². The van der Waals surface area contributed by atoms with Gasteiger partial charge < -0.3 is 5.32 Å². The fourth-order valence-electron chi connectivity index (χ4n) is 2.49. The Morgan fingerprint density at radius 1 is 1.07 bits per heavy atom. The predicted molar refractivity (Wildman–Crippen MR) is 100.0 cm³/mol. The van der Waals surface area contributed by atoms with Crippen LogP contribution in [-0.4, -0.2) is 28.0 Å². The van der Waals surface area contributed by atoms with E-state index in [1.807, 2.05) is 0 Å². The molecule has 10 heteroatoms. The molecule has 0 saturated heterocycles. The molecule has 6 nitrogen and oxygen atoms in total. The summed E-state index contributed by atoms with van der Waals surface area (Å²) in [4.78, 5) is 15.3. The third kappa shape index (κ3) is 4.66. The maximum Gasteiger partial charge on any atom is 0.424 e. The normalized spacial score (nSPS) is 11.3. The van der Waals surface area contributed by atoms with E-state index in [4.69, 9.17) is 11.6 Å². The topological polar surface area (TPSA) is 76.9 Å². The Balaban J connectivity index is 1.68. The van der Waals surface area contributed by atoms with Gasteiger partial charge in [-0.2, -0.15) is 13.2 Å². The monoisotopic (exact) mass is 409 g/mol. The molecule has 0 amide bonds. The highest BCUT2D eigenvalue weighted by molar-refractivity contribution is 6.33. The van der Waals surface area contributed by atoms with Crippen LogP contribution in [0.15, 0.2) is 42.9 Å². The van der Waals surface area contributed by atoms with Crippen LogP contribution in [0.25, 0.3) is 11.4 Å². The first kappa shape index (κ1) is 19.8. The summed E-state index contributed by atoms with van der Waals surface area (Å²) in [6, 6.07) is 5.87. The molecule has 146 valence electrons. The number of aromatic nitrogens is 4. The van der Waals surface area contributed by atoms with Crippen molar-refractivity contribution in [1.82, 2.24) is 15.0 Å². The van der Waals surface area contributed by atoms with Crippen molar-refractivity contribution in [2.75, 3.05) is 23.7 Å². The minimum absolute atomic E-state index is 0.0979. The molecule has 0 unspecified atom stereocenters. The molecule has 0 aliphatic carbocycles. The van der Waals surface area contributed by atoms with Crippen LogP contribution in [0.1, 0.15) is 11.3 Å². The predicted octanol–water partition coefficient (Wildman–Crippen LogP) is 3.86. The molecule has 0 atom stereocenters. The number of hydrogen-bond donors (Lipinski definition) is 2. The molecule has 3 rings (SSSR count). The summed E-state index contributed by atoms with van der Waals surface area (Å²) >= 11 is 6.26. The van der Waals surface area contributed by atoms with Gasteiger partial charge in [-0.25, -0.2) is 15.0 Å². The molecular weight excluding hydrogens is 393 g/mol. The van der Waals surface area contributed by atoms with Gasteiger partial charge in [-0.15, -0.1) is 0 Å². The molecule has 0 aliphatic rings. The van der Waals surface area contributed by atoms with E-state index in [0.29, 0.717) is 28.9 Å². The first-order chi connectivity index (χ1) is 13.4. The summed E-state index contributed by atoms with van der Waals surface area (Å²) in [5.74, 6) is 0.797. The number of nitrogens with zero attached hydrogens (tertiary/aromatic N) is 3. The van der Waals surface area contributed by atoms with Crippen molar-refractivity contribution in [3.05, 3.63) is 59.1 Å².